The molecule has 0 saturated carbocycles. The van der Waals surface area contributed by atoms with Crippen LogP contribution in [0.25, 0.3) is 10.9 Å². The van der Waals surface area contributed by atoms with Crippen LogP contribution in [-0.4, -0.2) is 21.0 Å². The van der Waals surface area contributed by atoms with E-state index >= 15 is 0 Å². The van der Waals surface area contributed by atoms with Gasteiger partial charge >= 0.3 is 0 Å². The Labute approximate surface area is 118 Å². The van der Waals surface area contributed by atoms with E-state index in [9.17, 15) is 0 Å². The molecule has 6 nitrogen and oxygen atoms in total. The van der Waals surface area contributed by atoms with Crippen molar-refractivity contribution in [2.24, 2.45) is 10.9 Å². The van der Waals surface area contributed by atoms with Crippen LogP contribution in [0.2, 0.25) is 0 Å². The van der Waals surface area contributed by atoms with Crippen LogP contribution >= 0.6 is 11.8 Å². The maximum absolute atomic E-state index is 8.90. The largest absolute Gasteiger partial charge is 0.440 e. The Hall–Kier alpha value is -2.54. The molecule has 3 aromatic rings. The highest BCUT2D eigenvalue weighted by atomic mass is 32.2. The molecule has 0 amide bonds. The fourth-order valence-corrected chi connectivity index (χ4v) is 2.54. The van der Waals surface area contributed by atoms with Crippen molar-refractivity contribution < 1.29 is 9.62 Å². The number of fused-ring (bicyclic) bond motifs is 1. The SMILES string of the molecule is N/C(=N/O)c1cc(Sc2ncco2)nc2ccccc12. The van der Waals surface area contributed by atoms with Gasteiger partial charge in [-0.25, -0.2) is 9.97 Å². The summed E-state index contributed by atoms with van der Waals surface area (Å²) in [7, 11) is 0. The summed E-state index contributed by atoms with van der Waals surface area (Å²) in [5.41, 5.74) is 7.10. The van der Waals surface area contributed by atoms with Gasteiger partial charge in [-0.05, 0) is 23.9 Å². The Morgan fingerprint density at radius 3 is 2.95 bits per heavy atom. The first kappa shape index (κ1) is 12.5. The van der Waals surface area contributed by atoms with Gasteiger partial charge in [0.05, 0.1) is 11.7 Å². The van der Waals surface area contributed by atoms with Gasteiger partial charge in [0.15, 0.2) is 5.84 Å². The van der Waals surface area contributed by atoms with Crippen LogP contribution in [-0.2, 0) is 0 Å². The van der Waals surface area contributed by atoms with Gasteiger partial charge in [-0.2, -0.15) is 0 Å². The van der Waals surface area contributed by atoms with Gasteiger partial charge in [0.2, 0.25) is 0 Å². The first-order valence-electron chi connectivity index (χ1n) is 5.73. The number of oxazole rings is 1. The number of oxime groups is 1. The lowest BCUT2D eigenvalue weighted by Crippen LogP contribution is -2.14. The first-order valence-corrected chi connectivity index (χ1v) is 6.54. The molecule has 3 rings (SSSR count). The average Bonchev–Trinajstić information content (AvgIpc) is 2.98. The van der Waals surface area contributed by atoms with Crippen molar-refractivity contribution in [3.8, 4) is 0 Å². The lowest BCUT2D eigenvalue weighted by atomic mass is 10.1. The second kappa shape index (κ2) is 5.22. The number of amidine groups is 1. The minimum absolute atomic E-state index is 0.0397. The highest BCUT2D eigenvalue weighted by Gasteiger charge is 2.11. The van der Waals surface area contributed by atoms with Gasteiger partial charge in [0.1, 0.15) is 11.3 Å². The molecule has 0 bridgehead atoms. The molecule has 0 saturated heterocycles. The lowest BCUT2D eigenvalue weighted by molar-refractivity contribution is 0.318. The second-order valence-corrected chi connectivity index (χ2v) is 4.88. The fraction of sp³-hybridized carbons (Fsp3) is 0. The minimum Gasteiger partial charge on any atom is -0.440 e. The van der Waals surface area contributed by atoms with Crippen molar-refractivity contribution in [1.82, 2.24) is 9.97 Å². The maximum Gasteiger partial charge on any atom is 0.261 e. The molecular formula is C13H10N4O2S. The monoisotopic (exact) mass is 286 g/mol. The number of nitrogens with zero attached hydrogens (tertiary/aromatic N) is 3. The molecule has 2 heterocycles. The zero-order valence-corrected chi connectivity index (χ0v) is 11.0. The Morgan fingerprint density at radius 2 is 2.20 bits per heavy atom. The average molecular weight is 286 g/mol. The first-order chi connectivity index (χ1) is 9.78. The van der Waals surface area contributed by atoms with E-state index < -0.39 is 0 Å². The fourth-order valence-electron chi connectivity index (χ4n) is 1.82. The molecule has 3 N–H and O–H groups in total. The second-order valence-electron chi connectivity index (χ2n) is 3.91. The molecule has 0 unspecified atom stereocenters. The molecule has 0 aliphatic heterocycles. The Kier molecular flexibility index (Phi) is 3.26. The Bertz CT molecular complexity index is 771. The number of pyridine rings is 1. The summed E-state index contributed by atoms with van der Waals surface area (Å²) in [6.45, 7) is 0. The smallest absolute Gasteiger partial charge is 0.261 e. The normalized spacial score (nSPS) is 11.9. The van der Waals surface area contributed by atoms with E-state index in [1.165, 1.54) is 18.0 Å². The predicted molar refractivity (Wildman–Crippen MR) is 74.9 cm³/mol. The van der Waals surface area contributed by atoms with E-state index in [2.05, 4.69) is 15.1 Å². The van der Waals surface area contributed by atoms with Gasteiger partial charge in [0.25, 0.3) is 5.22 Å². The molecule has 0 atom stereocenters. The molecule has 0 spiro atoms. The number of benzene rings is 1. The van der Waals surface area contributed by atoms with Gasteiger partial charge in [-0.3, -0.25) is 0 Å². The van der Waals surface area contributed by atoms with Crippen molar-refractivity contribution in [1.29, 1.82) is 0 Å². The molecule has 100 valence electrons. The van der Waals surface area contributed by atoms with E-state index in [1.807, 2.05) is 24.3 Å². The number of hydrogen-bond donors (Lipinski definition) is 2. The van der Waals surface area contributed by atoms with Gasteiger partial charge in [0, 0.05) is 10.9 Å². The van der Waals surface area contributed by atoms with Crippen LogP contribution in [0.4, 0.5) is 0 Å². The number of rotatable bonds is 3. The Balaban J connectivity index is 2.14. The van der Waals surface area contributed by atoms with Crippen molar-refractivity contribution >= 4 is 28.5 Å². The quantitative estimate of drug-likeness (QED) is 0.332. The van der Waals surface area contributed by atoms with Gasteiger partial charge < -0.3 is 15.4 Å². The summed E-state index contributed by atoms with van der Waals surface area (Å²) in [5, 5.41) is 13.9. The summed E-state index contributed by atoms with van der Waals surface area (Å²) in [6, 6.07) is 9.23. The van der Waals surface area contributed by atoms with Crippen LogP contribution in [0.1, 0.15) is 5.56 Å². The summed E-state index contributed by atoms with van der Waals surface area (Å²) in [4.78, 5) is 8.53. The number of hydrogen-bond acceptors (Lipinski definition) is 6. The van der Waals surface area contributed by atoms with Crippen molar-refractivity contribution in [3.05, 3.63) is 48.4 Å². The summed E-state index contributed by atoms with van der Waals surface area (Å²) >= 11 is 1.27. The van der Waals surface area contributed by atoms with Crippen molar-refractivity contribution in [2.75, 3.05) is 0 Å². The topological polar surface area (TPSA) is 97.5 Å². The van der Waals surface area contributed by atoms with E-state index in [4.69, 9.17) is 15.4 Å². The standard InChI is InChI=1S/C13H10N4O2S/c14-12(17-18)9-7-11(20-13-15-5-6-19-13)16-10-4-2-1-3-8(9)10/h1-7,18H,(H2,14,17). The molecule has 0 aliphatic rings. The highest BCUT2D eigenvalue weighted by Crippen LogP contribution is 2.28. The molecule has 7 heteroatoms. The molecule has 20 heavy (non-hydrogen) atoms. The van der Waals surface area contributed by atoms with Crippen LogP contribution in [0.3, 0.4) is 0 Å². The molecule has 2 aromatic heterocycles. The summed E-state index contributed by atoms with van der Waals surface area (Å²) in [5.74, 6) is 0.0397. The zero-order valence-electron chi connectivity index (χ0n) is 10.2. The van der Waals surface area contributed by atoms with E-state index in [0.717, 1.165) is 10.9 Å². The number of para-hydroxylation sites is 1. The molecule has 0 radical (unpaired) electrons. The third kappa shape index (κ3) is 2.30. The van der Waals surface area contributed by atoms with Crippen LogP contribution in [0.5, 0.6) is 0 Å². The van der Waals surface area contributed by atoms with E-state index in [1.54, 1.807) is 12.3 Å². The number of aromatic nitrogens is 2. The third-order valence-corrected chi connectivity index (χ3v) is 3.47. The molecule has 1 aromatic carbocycles. The minimum atomic E-state index is 0.0397. The Morgan fingerprint density at radius 1 is 1.35 bits per heavy atom. The molecular weight excluding hydrogens is 276 g/mol. The van der Waals surface area contributed by atoms with Crippen LogP contribution in [0.15, 0.2) is 62.6 Å². The van der Waals surface area contributed by atoms with Crippen LogP contribution in [0, 0.1) is 0 Å². The zero-order chi connectivity index (χ0) is 13.9. The highest BCUT2D eigenvalue weighted by molar-refractivity contribution is 7.99. The maximum atomic E-state index is 8.90. The summed E-state index contributed by atoms with van der Waals surface area (Å²) < 4.78 is 5.18. The van der Waals surface area contributed by atoms with Gasteiger partial charge in [-0.15, -0.1) is 0 Å². The van der Waals surface area contributed by atoms with Crippen molar-refractivity contribution in [3.63, 3.8) is 0 Å². The number of nitrogens with two attached hydrogens (primary N) is 1. The van der Waals surface area contributed by atoms with E-state index in [0.29, 0.717) is 15.8 Å². The summed E-state index contributed by atoms with van der Waals surface area (Å²) in [6.07, 6.45) is 3.06. The van der Waals surface area contributed by atoms with Crippen LogP contribution < -0.4 is 5.73 Å². The van der Waals surface area contributed by atoms with Crippen molar-refractivity contribution in [2.45, 2.75) is 10.2 Å². The third-order valence-electron chi connectivity index (χ3n) is 2.68. The molecule has 0 aliphatic carbocycles. The van der Waals surface area contributed by atoms with E-state index in [-0.39, 0.29) is 5.84 Å². The van der Waals surface area contributed by atoms with Gasteiger partial charge in [-0.1, -0.05) is 23.4 Å². The lowest BCUT2D eigenvalue weighted by Gasteiger charge is -2.07. The predicted octanol–water partition coefficient (Wildman–Crippen LogP) is 2.47. The molecule has 0 fully saturated rings.